The molecule has 0 radical (unpaired) electrons. The fourth-order valence-corrected chi connectivity index (χ4v) is 2.35. The van der Waals surface area contributed by atoms with Gasteiger partial charge < -0.3 is 10.2 Å². The van der Waals surface area contributed by atoms with Crippen LogP contribution >= 0.6 is 11.6 Å². The molecule has 0 bridgehead atoms. The number of nitrogens with two attached hydrogens (primary N) is 1. The van der Waals surface area contributed by atoms with E-state index in [-0.39, 0.29) is 5.02 Å². The van der Waals surface area contributed by atoms with Gasteiger partial charge in [0.1, 0.15) is 11.3 Å². The zero-order valence-electron chi connectivity index (χ0n) is 10.6. The van der Waals surface area contributed by atoms with Gasteiger partial charge in [-0.25, -0.2) is 9.37 Å². The highest BCUT2D eigenvalue weighted by molar-refractivity contribution is 6.34. The van der Waals surface area contributed by atoms with E-state index in [9.17, 15) is 4.39 Å². The van der Waals surface area contributed by atoms with Gasteiger partial charge in [-0.1, -0.05) is 23.7 Å². The molecule has 0 unspecified atom stereocenters. The van der Waals surface area contributed by atoms with Crippen molar-refractivity contribution in [1.29, 1.82) is 0 Å². The van der Waals surface area contributed by atoms with E-state index in [4.69, 9.17) is 21.8 Å². The molecule has 102 valence electrons. The first-order valence-corrected chi connectivity index (χ1v) is 6.60. The molecule has 3 rings (SSSR count). The summed E-state index contributed by atoms with van der Waals surface area (Å²) in [6, 6.07) is 10.3. The number of hydrogen-bond donors (Lipinski definition) is 1. The molecule has 0 atom stereocenters. The van der Waals surface area contributed by atoms with Crippen LogP contribution < -0.4 is 5.73 Å². The maximum Gasteiger partial charge on any atom is 0.227 e. The predicted octanol–water partition coefficient (Wildman–Crippen LogP) is 3.79. The third kappa shape index (κ3) is 2.40. The highest BCUT2D eigenvalue weighted by Crippen LogP contribution is 2.30. The molecule has 1 aromatic heterocycles. The Labute approximate surface area is 120 Å². The standard InChI is InChI=1S/C15H12ClFN2O/c16-12-7-11(17)8-13-14(12)20-15(19-13)10-3-1-2-9(6-10)4-5-18/h1-3,6-8H,4-5,18H2. The van der Waals surface area contributed by atoms with Gasteiger partial charge in [0.2, 0.25) is 5.89 Å². The number of fused-ring (bicyclic) bond motifs is 1. The zero-order chi connectivity index (χ0) is 14.1. The molecule has 3 nitrogen and oxygen atoms in total. The summed E-state index contributed by atoms with van der Waals surface area (Å²) in [5.74, 6) is -0.00870. The zero-order valence-corrected chi connectivity index (χ0v) is 11.3. The van der Waals surface area contributed by atoms with E-state index in [0.29, 0.717) is 23.5 Å². The molecule has 3 aromatic rings. The third-order valence-corrected chi connectivity index (χ3v) is 3.30. The van der Waals surface area contributed by atoms with Gasteiger partial charge in [-0.3, -0.25) is 0 Å². The van der Waals surface area contributed by atoms with Gasteiger partial charge in [0, 0.05) is 11.6 Å². The molecule has 0 aliphatic heterocycles. The van der Waals surface area contributed by atoms with Gasteiger partial charge in [0.25, 0.3) is 0 Å². The van der Waals surface area contributed by atoms with Gasteiger partial charge in [-0.05, 0) is 36.7 Å². The van der Waals surface area contributed by atoms with Crippen molar-refractivity contribution >= 4 is 22.7 Å². The maximum absolute atomic E-state index is 13.3. The van der Waals surface area contributed by atoms with Crippen LogP contribution in [0.1, 0.15) is 5.56 Å². The van der Waals surface area contributed by atoms with Crippen LogP contribution in [0, 0.1) is 5.82 Å². The average Bonchev–Trinajstić information content (AvgIpc) is 2.83. The van der Waals surface area contributed by atoms with Crippen LogP contribution in [0.15, 0.2) is 40.8 Å². The molecule has 0 aliphatic rings. The number of benzene rings is 2. The molecule has 20 heavy (non-hydrogen) atoms. The number of halogens is 2. The van der Waals surface area contributed by atoms with Crippen molar-refractivity contribution in [2.45, 2.75) is 6.42 Å². The van der Waals surface area contributed by atoms with E-state index in [1.165, 1.54) is 12.1 Å². The first kappa shape index (κ1) is 13.1. The normalized spacial score (nSPS) is 11.2. The maximum atomic E-state index is 13.3. The second kappa shape index (κ2) is 5.23. The van der Waals surface area contributed by atoms with Gasteiger partial charge in [0.15, 0.2) is 5.58 Å². The van der Waals surface area contributed by atoms with E-state index in [1.807, 2.05) is 24.3 Å². The minimum absolute atomic E-state index is 0.219. The van der Waals surface area contributed by atoms with E-state index in [2.05, 4.69) is 4.98 Å². The summed E-state index contributed by atoms with van der Waals surface area (Å²) in [5, 5.41) is 0.219. The number of oxazole rings is 1. The third-order valence-electron chi connectivity index (χ3n) is 3.02. The molecule has 5 heteroatoms. The Balaban J connectivity index is 2.10. The molecule has 0 spiro atoms. The molecule has 0 aliphatic carbocycles. The highest BCUT2D eigenvalue weighted by Gasteiger charge is 2.12. The number of rotatable bonds is 3. The largest absolute Gasteiger partial charge is 0.435 e. The van der Waals surface area contributed by atoms with E-state index in [1.54, 1.807) is 0 Å². The topological polar surface area (TPSA) is 52.0 Å². The van der Waals surface area contributed by atoms with Crippen molar-refractivity contribution in [1.82, 2.24) is 4.98 Å². The minimum atomic E-state index is -0.431. The molecule has 2 N–H and O–H groups in total. The second-order valence-corrected chi connectivity index (χ2v) is 4.90. The van der Waals surface area contributed by atoms with Crippen LogP contribution in [0.25, 0.3) is 22.6 Å². The molecular formula is C15H12ClFN2O. The fourth-order valence-electron chi connectivity index (χ4n) is 2.11. The molecule has 0 fully saturated rings. The van der Waals surface area contributed by atoms with Crippen LogP contribution in [0.3, 0.4) is 0 Å². The number of hydrogen-bond acceptors (Lipinski definition) is 3. The SMILES string of the molecule is NCCc1cccc(-c2nc3cc(F)cc(Cl)c3o2)c1. The molecule has 0 saturated carbocycles. The first-order chi connectivity index (χ1) is 9.67. The van der Waals surface area contributed by atoms with Crippen molar-refractivity contribution in [3.63, 3.8) is 0 Å². The molecule has 0 saturated heterocycles. The number of aromatic nitrogens is 1. The highest BCUT2D eigenvalue weighted by atomic mass is 35.5. The van der Waals surface area contributed by atoms with Gasteiger partial charge in [0.05, 0.1) is 5.02 Å². The van der Waals surface area contributed by atoms with Gasteiger partial charge in [-0.15, -0.1) is 0 Å². The van der Waals surface area contributed by atoms with Crippen LogP contribution in [0.2, 0.25) is 5.02 Å². The monoisotopic (exact) mass is 290 g/mol. The summed E-state index contributed by atoms with van der Waals surface area (Å²) < 4.78 is 18.9. The van der Waals surface area contributed by atoms with Gasteiger partial charge >= 0.3 is 0 Å². The second-order valence-electron chi connectivity index (χ2n) is 4.49. The molecule has 0 amide bonds. The van der Waals surface area contributed by atoms with Crippen LogP contribution in [-0.4, -0.2) is 11.5 Å². The van der Waals surface area contributed by atoms with Gasteiger partial charge in [-0.2, -0.15) is 0 Å². The molecular weight excluding hydrogens is 279 g/mol. The Kier molecular flexibility index (Phi) is 3.42. The minimum Gasteiger partial charge on any atom is -0.435 e. The van der Waals surface area contributed by atoms with Crippen molar-refractivity contribution in [2.75, 3.05) is 6.54 Å². The average molecular weight is 291 g/mol. The smallest absolute Gasteiger partial charge is 0.227 e. The van der Waals surface area contributed by atoms with E-state index < -0.39 is 5.82 Å². The Bertz CT molecular complexity index is 770. The molecule has 1 heterocycles. The molecule has 2 aromatic carbocycles. The van der Waals surface area contributed by atoms with Crippen molar-refractivity contribution in [2.24, 2.45) is 5.73 Å². The van der Waals surface area contributed by atoms with Crippen molar-refractivity contribution in [3.8, 4) is 11.5 Å². The summed E-state index contributed by atoms with van der Waals surface area (Å²) in [6.45, 7) is 0.577. The predicted molar refractivity (Wildman–Crippen MR) is 77.2 cm³/mol. The Morgan fingerprint density at radius 2 is 2.10 bits per heavy atom. The number of nitrogens with zero attached hydrogens (tertiary/aromatic N) is 1. The Morgan fingerprint density at radius 3 is 2.90 bits per heavy atom. The summed E-state index contributed by atoms with van der Waals surface area (Å²) in [4.78, 5) is 4.28. The lowest BCUT2D eigenvalue weighted by Crippen LogP contribution is -2.02. The fraction of sp³-hybridized carbons (Fsp3) is 0.133. The van der Waals surface area contributed by atoms with Crippen molar-refractivity contribution in [3.05, 3.63) is 52.8 Å². The van der Waals surface area contributed by atoms with Crippen LogP contribution in [-0.2, 0) is 6.42 Å². The van der Waals surface area contributed by atoms with Crippen LogP contribution in [0.4, 0.5) is 4.39 Å². The Hall–Kier alpha value is -1.91. The summed E-state index contributed by atoms with van der Waals surface area (Å²) in [6.07, 6.45) is 0.781. The lowest BCUT2D eigenvalue weighted by atomic mass is 10.1. The summed E-state index contributed by atoms with van der Waals surface area (Å²) in [5.41, 5.74) is 8.28. The first-order valence-electron chi connectivity index (χ1n) is 6.22. The summed E-state index contributed by atoms with van der Waals surface area (Å²) in [7, 11) is 0. The van der Waals surface area contributed by atoms with Crippen molar-refractivity contribution < 1.29 is 8.81 Å². The summed E-state index contributed by atoms with van der Waals surface area (Å²) >= 11 is 5.95. The lowest BCUT2D eigenvalue weighted by molar-refractivity contribution is 0.614. The lowest BCUT2D eigenvalue weighted by Gasteiger charge is -2.00. The van der Waals surface area contributed by atoms with Crippen LogP contribution in [0.5, 0.6) is 0 Å². The Morgan fingerprint density at radius 1 is 1.25 bits per heavy atom. The van der Waals surface area contributed by atoms with E-state index >= 15 is 0 Å². The quantitative estimate of drug-likeness (QED) is 0.798. The van der Waals surface area contributed by atoms with E-state index in [0.717, 1.165) is 17.5 Å².